The van der Waals surface area contributed by atoms with Crippen LogP contribution >= 0.6 is 11.3 Å². The Morgan fingerprint density at radius 1 is 1.11 bits per heavy atom. The van der Waals surface area contributed by atoms with E-state index in [-0.39, 0.29) is 6.04 Å². The summed E-state index contributed by atoms with van der Waals surface area (Å²) < 4.78 is 0. The predicted octanol–water partition coefficient (Wildman–Crippen LogP) is 3.61. The Labute approximate surface area is 110 Å². The molecule has 1 N–H and O–H groups in total. The Kier molecular flexibility index (Phi) is 3.09. The molecule has 18 heavy (non-hydrogen) atoms. The summed E-state index contributed by atoms with van der Waals surface area (Å²) in [6, 6.07) is 15.2. The Morgan fingerprint density at radius 3 is 2.67 bits per heavy atom. The molecule has 0 aliphatic heterocycles. The molecule has 0 aliphatic rings. The van der Waals surface area contributed by atoms with E-state index in [0.29, 0.717) is 0 Å². The molecular formula is C15H14N2S. The molecule has 0 saturated carbocycles. The van der Waals surface area contributed by atoms with Crippen LogP contribution in [0.3, 0.4) is 0 Å². The van der Waals surface area contributed by atoms with Crippen LogP contribution in [0.5, 0.6) is 0 Å². The molecule has 3 rings (SSSR count). The van der Waals surface area contributed by atoms with Gasteiger partial charge in [0.2, 0.25) is 0 Å². The highest BCUT2D eigenvalue weighted by molar-refractivity contribution is 7.07. The van der Waals surface area contributed by atoms with Crippen molar-refractivity contribution in [2.24, 2.45) is 0 Å². The van der Waals surface area contributed by atoms with E-state index in [1.54, 1.807) is 11.3 Å². The van der Waals surface area contributed by atoms with E-state index in [9.17, 15) is 0 Å². The van der Waals surface area contributed by atoms with E-state index in [2.05, 4.69) is 58.1 Å². The van der Waals surface area contributed by atoms with Crippen LogP contribution in [0.4, 0.5) is 0 Å². The molecule has 0 amide bonds. The second-order valence-corrected chi connectivity index (χ2v) is 4.96. The van der Waals surface area contributed by atoms with E-state index in [0.717, 1.165) is 5.69 Å². The molecule has 2 nitrogen and oxygen atoms in total. The minimum absolute atomic E-state index is 0.167. The lowest BCUT2D eigenvalue weighted by Gasteiger charge is -2.15. The van der Waals surface area contributed by atoms with Gasteiger partial charge in [-0.2, -0.15) is 0 Å². The smallest absolute Gasteiger partial charge is 0.0795 e. The summed E-state index contributed by atoms with van der Waals surface area (Å²) in [7, 11) is 1.97. The predicted molar refractivity (Wildman–Crippen MR) is 77.0 cm³/mol. The maximum absolute atomic E-state index is 4.40. The first kappa shape index (κ1) is 11.4. The summed E-state index contributed by atoms with van der Waals surface area (Å²) >= 11 is 1.63. The average Bonchev–Trinajstić information content (AvgIpc) is 2.93. The Morgan fingerprint density at radius 2 is 1.94 bits per heavy atom. The zero-order valence-corrected chi connectivity index (χ0v) is 10.9. The van der Waals surface area contributed by atoms with Crippen LogP contribution in [0, 0.1) is 0 Å². The topological polar surface area (TPSA) is 24.9 Å². The third-order valence-corrected chi connectivity index (χ3v) is 3.75. The summed E-state index contributed by atoms with van der Waals surface area (Å²) in [4.78, 5) is 4.40. The van der Waals surface area contributed by atoms with Crippen LogP contribution in [0.2, 0.25) is 0 Å². The van der Waals surface area contributed by atoms with Gasteiger partial charge < -0.3 is 5.32 Å². The summed E-state index contributed by atoms with van der Waals surface area (Å²) in [6.07, 6.45) is 0. The second kappa shape index (κ2) is 4.88. The van der Waals surface area contributed by atoms with E-state index in [1.807, 2.05) is 12.6 Å². The lowest BCUT2D eigenvalue weighted by Crippen LogP contribution is -2.17. The number of nitrogens with one attached hydrogen (secondary N) is 1. The SMILES string of the molecule is CNC(c1ccc2ccccc2c1)c1cscn1. The first-order chi connectivity index (χ1) is 8.88. The number of thiazole rings is 1. The molecule has 90 valence electrons. The first-order valence-electron chi connectivity index (χ1n) is 5.92. The van der Waals surface area contributed by atoms with Crippen LogP contribution < -0.4 is 5.32 Å². The molecule has 1 atom stereocenters. The molecule has 0 fully saturated rings. The molecule has 1 unspecified atom stereocenters. The van der Waals surface area contributed by atoms with Gasteiger partial charge in [-0.3, -0.25) is 0 Å². The van der Waals surface area contributed by atoms with Gasteiger partial charge in [-0.15, -0.1) is 11.3 Å². The van der Waals surface area contributed by atoms with Crippen LogP contribution in [0.15, 0.2) is 53.4 Å². The van der Waals surface area contributed by atoms with Gasteiger partial charge in [0.15, 0.2) is 0 Å². The van der Waals surface area contributed by atoms with Gasteiger partial charge in [0.05, 0.1) is 17.2 Å². The molecule has 3 aromatic rings. The van der Waals surface area contributed by atoms with E-state index in [1.165, 1.54) is 16.3 Å². The zero-order valence-electron chi connectivity index (χ0n) is 10.1. The van der Waals surface area contributed by atoms with Crippen molar-refractivity contribution in [3.63, 3.8) is 0 Å². The van der Waals surface area contributed by atoms with Crippen LogP contribution in [0.1, 0.15) is 17.3 Å². The largest absolute Gasteiger partial charge is 0.308 e. The van der Waals surface area contributed by atoms with Crippen molar-refractivity contribution in [1.29, 1.82) is 0 Å². The van der Waals surface area contributed by atoms with Crippen molar-refractivity contribution in [2.45, 2.75) is 6.04 Å². The van der Waals surface area contributed by atoms with E-state index in [4.69, 9.17) is 0 Å². The van der Waals surface area contributed by atoms with Crippen molar-refractivity contribution in [1.82, 2.24) is 10.3 Å². The number of hydrogen-bond donors (Lipinski definition) is 1. The highest BCUT2D eigenvalue weighted by atomic mass is 32.1. The third-order valence-electron chi connectivity index (χ3n) is 3.14. The van der Waals surface area contributed by atoms with Crippen molar-refractivity contribution < 1.29 is 0 Å². The van der Waals surface area contributed by atoms with Gasteiger partial charge in [0.1, 0.15) is 0 Å². The maximum Gasteiger partial charge on any atom is 0.0795 e. The molecule has 0 aliphatic carbocycles. The molecule has 0 radical (unpaired) electrons. The average molecular weight is 254 g/mol. The quantitative estimate of drug-likeness (QED) is 0.772. The normalized spacial score (nSPS) is 12.7. The summed E-state index contributed by atoms with van der Waals surface area (Å²) in [6.45, 7) is 0. The number of fused-ring (bicyclic) bond motifs is 1. The first-order valence-corrected chi connectivity index (χ1v) is 6.87. The van der Waals surface area contributed by atoms with Gasteiger partial charge in [0.25, 0.3) is 0 Å². The molecule has 1 heterocycles. The van der Waals surface area contributed by atoms with Crippen LogP contribution in [-0.4, -0.2) is 12.0 Å². The highest BCUT2D eigenvalue weighted by Gasteiger charge is 2.13. The van der Waals surface area contributed by atoms with Crippen molar-refractivity contribution >= 4 is 22.1 Å². The Balaban J connectivity index is 2.07. The summed E-state index contributed by atoms with van der Waals surface area (Å²) in [5.41, 5.74) is 4.21. The molecule has 0 bridgehead atoms. The number of nitrogens with zero attached hydrogens (tertiary/aromatic N) is 1. The molecule has 0 saturated heterocycles. The Bertz CT molecular complexity index is 646. The fourth-order valence-corrected chi connectivity index (χ4v) is 2.82. The summed E-state index contributed by atoms with van der Waals surface area (Å²) in [5, 5.41) is 7.96. The minimum Gasteiger partial charge on any atom is -0.308 e. The monoisotopic (exact) mass is 254 g/mol. The molecule has 0 spiro atoms. The van der Waals surface area contributed by atoms with Gasteiger partial charge in [-0.25, -0.2) is 4.98 Å². The van der Waals surface area contributed by atoms with Crippen molar-refractivity contribution in [3.8, 4) is 0 Å². The standard InChI is InChI=1S/C15H14N2S/c1-16-15(14-9-18-10-17-14)13-7-6-11-4-2-3-5-12(11)8-13/h2-10,15-16H,1H3. The van der Waals surface area contributed by atoms with Gasteiger partial charge in [-0.1, -0.05) is 36.4 Å². The second-order valence-electron chi connectivity index (χ2n) is 4.24. The fraction of sp³-hybridized carbons (Fsp3) is 0.133. The lowest BCUT2D eigenvalue weighted by atomic mass is 10.0. The number of rotatable bonds is 3. The van der Waals surface area contributed by atoms with Crippen LogP contribution in [0.25, 0.3) is 10.8 Å². The van der Waals surface area contributed by atoms with Gasteiger partial charge in [-0.05, 0) is 29.4 Å². The third kappa shape index (κ3) is 2.03. The van der Waals surface area contributed by atoms with Gasteiger partial charge in [0, 0.05) is 5.38 Å². The molecule has 1 aromatic heterocycles. The Hall–Kier alpha value is -1.71. The number of aromatic nitrogens is 1. The zero-order chi connectivity index (χ0) is 12.4. The maximum atomic E-state index is 4.40. The lowest BCUT2D eigenvalue weighted by molar-refractivity contribution is 0.676. The fourth-order valence-electron chi connectivity index (χ4n) is 2.24. The van der Waals surface area contributed by atoms with Crippen molar-refractivity contribution in [2.75, 3.05) is 7.05 Å². The molecular weight excluding hydrogens is 240 g/mol. The minimum atomic E-state index is 0.167. The van der Waals surface area contributed by atoms with Crippen molar-refractivity contribution in [3.05, 3.63) is 64.6 Å². The number of benzene rings is 2. The summed E-state index contributed by atoms with van der Waals surface area (Å²) in [5.74, 6) is 0. The molecule has 2 aromatic carbocycles. The number of hydrogen-bond acceptors (Lipinski definition) is 3. The highest BCUT2D eigenvalue weighted by Crippen LogP contribution is 2.25. The van der Waals surface area contributed by atoms with Gasteiger partial charge >= 0.3 is 0 Å². The molecule has 3 heteroatoms. The van der Waals surface area contributed by atoms with Crippen LogP contribution in [-0.2, 0) is 0 Å². The van der Waals surface area contributed by atoms with E-state index < -0.39 is 0 Å². The van der Waals surface area contributed by atoms with E-state index >= 15 is 0 Å².